The Morgan fingerprint density at radius 3 is 2.12 bits per heavy atom. The van der Waals surface area contributed by atoms with Crippen LogP contribution in [0.5, 0.6) is 0 Å². The van der Waals surface area contributed by atoms with Gasteiger partial charge in [0, 0.05) is 0 Å². The van der Waals surface area contributed by atoms with Crippen molar-refractivity contribution < 1.29 is 9.60 Å². The number of unbranched alkanes of at least 4 members (excludes halogenated alkanes) is 3. The smallest absolute Gasteiger partial charge is 0.0773 e. The molecule has 0 aromatic rings. The lowest BCUT2D eigenvalue weighted by Crippen LogP contribution is -3.13. The summed E-state index contributed by atoms with van der Waals surface area (Å²) in [6.07, 6.45) is 11.6. The highest BCUT2D eigenvalue weighted by Gasteiger charge is 2.20. The van der Waals surface area contributed by atoms with E-state index in [0.717, 1.165) is 5.92 Å². The van der Waals surface area contributed by atoms with Crippen molar-refractivity contribution in [2.45, 2.75) is 65.2 Å². The standard InChI is InChI=1S/C14H29N.FH/c1-3-5-7-11-15-12-9-14(10-13-15)8-6-4-2;/h14H,3-13H2,1-2H3;1H. The molecule has 1 saturated heterocycles. The normalized spacial score (nSPS) is 25.1. The van der Waals surface area contributed by atoms with E-state index in [2.05, 4.69) is 13.8 Å². The lowest BCUT2D eigenvalue weighted by Gasteiger charge is -2.29. The molecule has 0 unspecified atom stereocenters. The van der Waals surface area contributed by atoms with Crippen LogP contribution in [-0.4, -0.2) is 19.6 Å². The number of quaternary nitrogens is 1. The molecule has 1 aliphatic heterocycles. The molecule has 16 heavy (non-hydrogen) atoms. The molecule has 1 heterocycles. The van der Waals surface area contributed by atoms with Gasteiger partial charge in [0.1, 0.15) is 0 Å². The number of piperidine rings is 1. The Hall–Kier alpha value is -0.110. The molecule has 1 N–H and O–H groups in total. The first kappa shape index (κ1) is 15.9. The molecule has 98 valence electrons. The van der Waals surface area contributed by atoms with E-state index in [-0.39, 0.29) is 4.70 Å². The maximum Gasteiger partial charge on any atom is 0.0773 e. The zero-order valence-electron chi connectivity index (χ0n) is 11.2. The van der Waals surface area contributed by atoms with E-state index in [4.69, 9.17) is 0 Å². The van der Waals surface area contributed by atoms with Gasteiger partial charge in [-0.1, -0.05) is 39.5 Å². The predicted molar refractivity (Wildman–Crippen MR) is 67.3 cm³/mol. The highest BCUT2D eigenvalue weighted by Crippen LogP contribution is 2.16. The molecule has 1 fully saturated rings. The summed E-state index contributed by atoms with van der Waals surface area (Å²) in [5.74, 6) is 1.07. The van der Waals surface area contributed by atoms with Crippen LogP contribution in [0.3, 0.4) is 0 Å². The Labute approximate surface area is 101 Å². The van der Waals surface area contributed by atoms with Crippen LogP contribution in [0.15, 0.2) is 0 Å². The van der Waals surface area contributed by atoms with Crippen LogP contribution in [0.1, 0.15) is 65.2 Å². The molecule has 0 bridgehead atoms. The second-order valence-corrected chi connectivity index (χ2v) is 5.29. The topological polar surface area (TPSA) is 4.44 Å². The van der Waals surface area contributed by atoms with Crippen molar-refractivity contribution in [3.63, 3.8) is 0 Å². The van der Waals surface area contributed by atoms with E-state index in [1.165, 1.54) is 71.0 Å². The third-order valence-electron chi connectivity index (χ3n) is 3.91. The molecule has 0 saturated carbocycles. The van der Waals surface area contributed by atoms with Crippen molar-refractivity contribution in [3.8, 4) is 0 Å². The van der Waals surface area contributed by atoms with Gasteiger partial charge in [-0.05, 0) is 31.6 Å². The minimum absolute atomic E-state index is 0. The molecule has 0 amide bonds. The monoisotopic (exact) mass is 231 g/mol. The molecule has 0 spiro atoms. The molecule has 0 atom stereocenters. The van der Waals surface area contributed by atoms with Crippen LogP contribution in [0.2, 0.25) is 0 Å². The summed E-state index contributed by atoms with van der Waals surface area (Å²) < 4.78 is 0. The summed E-state index contributed by atoms with van der Waals surface area (Å²) in [6, 6.07) is 0. The fraction of sp³-hybridized carbons (Fsp3) is 1.00. The van der Waals surface area contributed by atoms with Crippen LogP contribution in [-0.2, 0) is 0 Å². The average Bonchev–Trinajstić information content (AvgIpc) is 2.28. The highest BCUT2D eigenvalue weighted by atomic mass is 19.0. The summed E-state index contributed by atoms with van der Waals surface area (Å²) in [4.78, 5) is 1.89. The van der Waals surface area contributed by atoms with Crippen LogP contribution in [0, 0.1) is 5.92 Å². The van der Waals surface area contributed by atoms with E-state index >= 15 is 0 Å². The quantitative estimate of drug-likeness (QED) is 0.572. The Kier molecular flexibility index (Phi) is 10.0. The van der Waals surface area contributed by atoms with Gasteiger partial charge < -0.3 is 9.60 Å². The van der Waals surface area contributed by atoms with Gasteiger partial charge in [0.25, 0.3) is 0 Å². The summed E-state index contributed by atoms with van der Waals surface area (Å²) in [5, 5.41) is 0. The second-order valence-electron chi connectivity index (χ2n) is 5.29. The zero-order chi connectivity index (χ0) is 10.9. The molecule has 1 rings (SSSR count). The van der Waals surface area contributed by atoms with Crippen LogP contribution < -0.4 is 9.60 Å². The number of likely N-dealkylation sites (tertiary alicyclic amines) is 1. The maximum absolute atomic E-state index is 2.31. The summed E-state index contributed by atoms with van der Waals surface area (Å²) in [7, 11) is 0. The number of rotatable bonds is 7. The first-order valence-corrected chi connectivity index (χ1v) is 7.20. The van der Waals surface area contributed by atoms with Gasteiger partial charge in [-0.25, -0.2) is 0 Å². The molecular formula is C14H30FN. The van der Waals surface area contributed by atoms with Crippen LogP contribution in [0.4, 0.5) is 0 Å². The van der Waals surface area contributed by atoms with Gasteiger partial charge in [-0.3, -0.25) is 0 Å². The molecule has 1 aliphatic rings. The van der Waals surface area contributed by atoms with Gasteiger partial charge in [0.15, 0.2) is 0 Å². The van der Waals surface area contributed by atoms with Crippen LogP contribution >= 0.6 is 0 Å². The molecule has 0 aromatic carbocycles. The van der Waals surface area contributed by atoms with Gasteiger partial charge in [0.2, 0.25) is 0 Å². The first-order valence-electron chi connectivity index (χ1n) is 7.20. The van der Waals surface area contributed by atoms with Gasteiger partial charge >= 0.3 is 0 Å². The van der Waals surface area contributed by atoms with Crippen molar-refractivity contribution in [2.24, 2.45) is 5.92 Å². The maximum atomic E-state index is 2.31. The van der Waals surface area contributed by atoms with Crippen molar-refractivity contribution >= 4 is 0 Å². The summed E-state index contributed by atoms with van der Waals surface area (Å²) >= 11 is 0. The first-order chi connectivity index (χ1) is 7.36. The Morgan fingerprint density at radius 1 is 0.938 bits per heavy atom. The molecule has 0 aliphatic carbocycles. The lowest BCUT2D eigenvalue weighted by atomic mass is 9.91. The van der Waals surface area contributed by atoms with Crippen molar-refractivity contribution in [1.29, 1.82) is 0 Å². The molecule has 1 nitrogen and oxygen atoms in total. The van der Waals surface area contributed by atoms with E-state index in [1.54, 1.807) is 0 Å². The molecule has 0 radical (unpaired) electrons. The fourth-order valence-corrected chi connectivity index (χ4v) is 2.74. The van der Waals surface area contributed by atoms with Crippen molar-refractivity contribution in [3.05, 3.63) is 0 Å². The highest BCUT2D eigenvalue weighted by molar-refractivity contribution is 4.62. The van der Waals surface area contributed by atoms with Gasteiger partial charge in [-0.15, -0.1) is 0 Å². The zero-order valence-corrected chi connectivity index (χ0v) is 11.2. The Morgan fingerprint density at radius 2 is 1.56 bits per heavy atom. The van der Waals surface area contributed by atoms with Gasteiger partial charge in [0.05, 0.1) is 19.6 Å². The minimum atomic E-state index is 0. The number of hydrogen-bond donors (Lipinski definition) is 1. The summed E-state index contributed by atoms with van der Waals surface area (Å²) in [6.45, 7) is 8.96. The third-order valence-corrected chi connectivity index (χ3v) is 3.91. The lowest BCUT2D eigenvalue weighted by molar-refractivity contribution is -0.906. The third kappa shape index (κ3) is 6.47. The fourth-order valence-electron chi connectivity index (χ4n) is 2.74. The van der Waals surface area contributed by atoms with Gasteiger partial charge in [-0.2, -0.15) is 0 Å². The van der Waals surface area contributed by atoms with E-state index in [1.807, 2.05) is 4.90 Å². The average molecular weight is 231 g/mol. The Balaban J connectivity index is 0.00000225. The second kappa shape index (κ2) is 10.1. The number of nitrogens with one attached hydrogen (secondary N) is 1. The minimum Gasteiger partial charge on any atom is -1.00 e. The van der Waals surface area contributed by atoms with Crippen molar-refractivity contribution in [1.82, 2.24) is 0 Å². The summed E-state index contributed by atoms with van der Waals surface area (Å²) in [5.41, 5.74) is 0. The van der Waals surface area contributed by atoms with Crippen LogP contribution in [0.25, 0.3) is 0 Å². The largest absolute Gasteiger partial charge is 1.00 e. The Bertz CT molecular complexity index is 142. The molecule has 0 aromatic heterocycles. The predicted octanol–water partition coefficient (Wildman–Crippen LogP) is -0.334. The SMILES string of the molecule is CCCCC[NH+]1CCC(CCCC)CC1.[F-]. The van der Waals surface area contributed by atoms with E-state index in [0.29, 0.717) is 0 Å². The number of hydrogen-bond acceptors (Lipinski definition) is 0. The molecule has 2 heteroatoms. The van der Waals surface area contributed by atoms with E-state index in [9.17, 15) is 0 Å². The molecular weight excluding hydrogens is 201 g/mol. The van der Waals surface area contributed by atoms with Crippen molar-refractivity contribution in [2.75, 3.05) is 19.6 Å². The van der Waals surface area contributed by atoms with E-state index < -0.39 is 0 Å². The number of halogens is 1.